The van der Waals surface area contributed by atoms with Crippen LogP contribution >= 0.6 is 11.6 Å². The molecule has 17 heavy (non-hydrogen) atoms. The first-order chi connectivity index (χ1) is 7.92. The van der Waals surface area contributed by atoms with Gasteiger partial charge in [-0.05, 0) is 18.6 Å². The first-order valence-corrected chi connectivity index (χ1v) is 5.44. The van der Waals surface area contributed by atoms with Crippen molar-refractivity contribution in [3.63, 3.8) is 0 Å². The molecule has 96 valence electrons. The number of halogens is 4. The van der Waals surface area contributed by atoms with Gasteiger partial charge < -0.3 is 10.1 Å². The third-order valence-corrected chi connectivity index (χ3v) is 2.46. The summed E-state index contributed by atoms with van der Waals surface area (Å²) in [6, 6.07) is 4.96. The second kappa shape index (κ2) is 6.00. The highest BCUT2D eigenvalue weighted by Crippen LogP contribution is 2.27. The normalized spacial score (nSPS) is 11.4. The first kappa shape index (κ1) is 14.0. The van der Waals surface area contributed by atoms with Gasteiger partial charge in [-0.25, -0.2) is 0 Å². The van der Waals surface area contributed by atoms with E-state index in [1.165, 1.54) is 7.11 Å². The van der Waals surface area contributed by atoms with Crippen LogP contribution < -0.4 is 10.1 Å². The number of rotatable bonds is 5. The lowest BCUT2D eigenvalue weighted by atomic mass is 10.2. The van der Waals surface area contributed by atoms with E-state index in [1.807, 2.05) is 0 Å². The van der Waals surface area contributed by atoms with Gasteiger partial charge in [-0.15, -0.1) is 0 Å². The minimum atomic E-state index is -4.11. The summed E-state index contributed by atoms with van der Waals surface area (Å²) in [7, 11) is 1.51. The van der Waals surface area contributed by atoms with Crippen molar-refractivity contribution in [3.8, 4) is 5.75 Å². The number of hydrogen-bond acceptors (Lipinski definition) is 2. The topological polar surface area (TPSA) is 21.3 Å². The fraction of sp³-hybridized carbons (Fsp3) is 0.455. The van der Waals surface area contributed by atoms with Crippen LogP contribution in [0.15, 0.2) is 18.2 Å². The maximum absolute atomic E-state index is 11.9. The number of alkyl halides is 3. The molecule has 0 saturated heterocycles. The average molecular weight is 268 g/mol. The summed E-state index contributed by atoms with van der Waals surface area (Å²) < 4.78 is 40.7. The third kappa shape index (κ3) is 5.17. The zero-order valence-electron chi connectivity index (χ0n) is 9.27. The van der Waals surface area contributed by atoms with Gasteiger partial charge in [0, 0.05) is 19.0 Å². The predicted molar refractivity (Wildman–Crippen MR) is 61.8 cm³/mol. The van der Waals surface area contributed by atoms with Crippen molar-refractivity contribution in [2.45, 2.75) is 19.0 Å². The Balaban J connectivity index is 2.46. The van der Waals surface area contributed by atoms with Crippen LogP contribution in [0.1, 0.15) is 12.8 Å². The summed E-state index contributed by atoms with van der Waals surface area (Å²) in [6.45, 7) is 0.215. The van der Waals surface area contributed by atoms with Crippen LogP contribution in [-0.2, 0) is 0 Å². The molecular weight excluding hydrogens is 255 g/mol. The Morgan fingerprint density at radius 3 is 2.65 bits per heavy atom. The third-order valence-electron chi connectivity index (χ3n) is 2.13. The van der Waals surface area contributed by atoms with E-state index in [9.17, 15) is 13.2 Å². The van der Waals surface area contributed by atoms with Gasteiger partial charge in [0.1, 0.15) is 5.75 Å². The molecule has 0 saturated carbocycles. The van der Waals surface area contributed by atoms with Crippen LogP contribution in [0.3, 0.4) is 0 Å². The fourth-order valence-electron chi connectivity index (χ4n) is 1.28. The van der Waals surface area contributed by atoms with Crippen molar-refractivity contribution in [2.75, 3.05) is 19.0 Å². The molecule has 0 heterocycles. The Labute approximate surface area is 103 Å². The van der Waals surface area contributed by atoms with Gasteiger partial charge in [0.25, 0.3) is 0 Å². The van der Waals surface area contributed by atoms with E-state index in [-0.39, 0.29) is 13.0 Å². The van der Waals surface area contributed by atoms with E-state index < -0.39 is 12.6 Å². The number of hydrogen-bond donors (Lipinski definition) is 1. The molecule has 1 rings (SSSR count). The molecule has 0 aliphatic rings. The standard InChI is InChI=1S/C11H13ClF3NO/c1-17-8-3-4-9(12)10(7-8)16-6-2-5-11(13,14)15/h3-4,7,16H,2,5-6H2,1H3. The minimum Gasteiger partial charge on any atom is -0.497 e. The van der Waals surface area contributed by atoms with Crippen LogP contribution in [0.2, 0.25) is 5.02 Å². The van der Waals surface area contributed by atoms with Crippen LogP contribution in [0, 0.1) is 0 Å². The molecule has 0 atom stereocenters. The lowest BCUT2D eigenvalue weighted by Gasteiger charge is -2.11. The van der Waals surface area contributed by atoms with Gasteiger partial charge in [0.15, 0.2) is 0 Å². The SMILES string of the molecule is COc1ccc(Cl)c(NCCCC(F)(F)F)c1. The molecule has 0 fully saturated rings. The zero-order valence-corrected chi connectivity index (χ0v) is 10.0. The summed E-state index contributed by atoms with van der Waals surface area (Å²) >= 11 is 5.88. The molecule has 0 radical (unpaired) electrons. The van der Waals surface area contributed by atoms with Crippen molar-refractivity contribution in [1.82, 2.24) is 0 Å². The highest BCUT2D eigenvalue weighted by molar-refractivity contribution is 6.33. The van der Waals surface area contributed by atoms with E-state index in [0.717, 1.165) is 0 Å². The van der Waals surface area contributed by atoms with Crippen molar-refractivity contribution in [2.24, 2.45) is 0 Å². The van der Waals surface area contributed by atoms with E-state index in [0.29, 0.717) is 16.5 Å². The lowest BCUT2D eigenvalue weighted by Crippen LogP contribution is -2.11. The highest BCUT2D eigenvalue weighted by Gasteiger charge is 2.25. The van der Waals surface area contributed by atoms with Gasteiger partial charge in [-0.1, -0.05) is 11.6 Å². The van der Waals surface area contributed by atoms with Gasteiger partial charge >= 0.3 is 6.18 Å². The molecule has 0 aliphatic carbocycles. The Morgan fingerprint density at radius 2 is 2.06 bits per heavy atom. The van der Waals surface area contributed by atoms with E-state index >= 15 is 0 Å². The number of benzene rings is 1. The lowest BCUT2D eigenvalue weighted by molar-refractivity contribution is -0.134. The molecule has 0 amide bonds. The maximum Gasteiger partial charge on any atom is 0.389 e. The van der Waals surface area contributed by atoms with Crippen LogP contribution in [-0.4, -0.2) is 19.8 Å². The maximum atomic E-state index is 11.9. The Kier molecular flexibility index (Phi) is 4.93. The molecule has 0 aromatic heterocycles. The summed E-state index contributed by atoms with van der Waals surface area (Å²) in [5.41, 5.74) is 0.577. The number of anilines is 1. The summed E-state index contributed by atoms with van der Waals surface area (Å²) in [5, 5.41) is 3.30. The van der Waals surface area contributed by atoms with Gasteiger partial charge in [0.2, 0.25) is 0 Å². The van der Waals surface area contributed by atoms with Gasteiger partial charge in [-0.2, -0.15) is 13.2 Å². The van der Waals surface area contributed by atoms with Crippen molar-refractivity contribution < 1.29 is 17.9 Å². The van der Waals surface area contributed by atoms with Crippen molar-refractivity contribution >= 4 is 17.3 Å². The largest absolute Gasteiger partial charge is 0.497 e. The van der Waals surface area contributed by atoms with Crippen molar-refractivity contribution in [1.29, 1.82) is 0 Å². The second-order valence-electron chi connectivity index (χ2n) is 3.49. The summed E-state index contributed by atoms with van der Waals surface area (Å²) in [6.07, 6.45) is -4.90. The van der Waals surface area contributed by atoms with Crippen molar-refractivity contribution in [3.05, 3.63) is 23.2 Å². The number of ether oxygens (including phenoxy) is 1. The quantitative estimate of drug-likeness (QED) is 0.811. The van der Waals surface area contributed by atoms with E-state index in [2.05, 4.69) is 5.32 Å². The minimum absolute atomic E-state index is 0.0110. The molecule has 1 N–H and O–H groups in total. The van der Waals surface area contributed by atoms with Crippen LogP contribution in [0.4, 0.5) is 18.9 Å². The Morgan fingerprint density at radius 1 is 1.35 bits per heavy atom. The first-order valence-electron chi connectivity index (χ1n) is 5.06. The van der Waals surface area contributed by atoms with Gasteiger partial charge in [-0.3, -0.25) is 0 Å². The van der Waals surface area contributed by atoms with E-state index in [1.54, 1.807) is 18.2 Å². The molecule has 0 aliphatic heterocycles. The second-order valence-corrected chi connectivity index (χ2v) is 3.90. The monoisotopic (exact) mass is 267 g/mol. The predicted octanol–water partition coefficient (Wildman–Crippen LogP) is 4.10. The summed E-state index contributed by atoms with van der Waals surface area (Å²) in [4.78, 5) is 0. The smallest absolute Gasteiger partial charge is 0.389 e. The molecule has 1 aromatic rings. The van der Waals surface area contributed by atoms with Crippen LogP contribution in [0.25, 0.3) is 0 Å². The van der Waals surface area contributed by atoms with Gasteiger partial charge in [0.05, 0.1) is 17.8 Å². The number of nitrogens with one attached hydrogen (secondary N) is 1. The molecular formula is C11H13ClF3NO. The number of methoxy groups -OCH3 is 1. The van der Waals surface area contributed by atoms with Crippen LogP contribution in [0.5, 0.6) is 5.75 Å². The molecule has 0 bridgehead atoms. The highest BCUT2D eigenvalue weighted by atomic mass is 35.5. The zero-order chi connectivity index (χ0) is 12.9. The summed E-state index contributed by atoms with van der Waals surface area (Å²) in [5.74, 6) is 0.604. The molecule has 0 spiro atoms. The molecule has 2 nitrogen and oxygen atoms in total. The Bertz CT molecular complexity index is 368. The Hall–Kier alpha value is -1.10. The fourth-order valence-corrected chi connectivity index (χ4v) is 1.46. The molecule has 0 unspecified atom stereocenters. The van der Waals surface area contributed by atoms with E-state index in [4.69, 9.17) is 16.3 Å². The molecule has 1 aromatic carbocycles. The molecule has 6 heteroatoms. The average Bonchev–Trinajstić information content (AvgIpc) is 2.25.